The van der Waals surface area contributed by atoms with E-state index in [1.54, 1.807) is 48.5 Å². The molecule has 0 unspecified atom stereocenters. The molecule has 1 heterocycles. The van der Waals surface area contributed by atoms with Crippen LogP contribution in [0.3, 0.4) is 0 Å². The van der Waals surface area contributed by atoms with E-state index in [2.05, 4.69) is 9.97 Å². The largest absolute Gasteiger partial charge is 0.328 e. The Morgan fingerprint density at radius 3 is 2.10 bits per heavy atom. The number of benzene rings is 3. The maximum Gasteiger partial charge on any atom is 0.225 e. The molecule has 0 saturated carbocycles. The summed E-state index contributed by atoms with van der Waals surface area (Å²) in [5, 5.41) is -0.232. The van der Waals surface area contributed by atoms with E-state index in [-0.39, 0.29) is 20.1 Å². The number of thioether (sulfide) groups is 1. The number of carbonyl (C=O) groups excluding carboxylic acids is 1. The van der Waals surface area contributed by atoms with Crippen LogP contribution in [-0.2, 0) is 9.84 Å². The SMILES string of the molecule is Cc1ccc(S(=O)(=O)c2[nH]c(-c3ccccc3)nc2SC(=O)c2ccccc2)cc1. The minimum Gasteiger partial charge on any atom is -0.328 e. The molecular weight excluding hydrogens is 416 g/mol. The highest BCUT2D eigenvalue weighted by Gasteiger charge is 2.28. The summed E-state index contributed by atoms with van der Waals surface area (Å²) in [5.41, 5.74) is 2.17. The van der Waals surface area contributed by atoms with Crippen molar-refractivity contribution in [1.82, 2.24) is 9.97 Å². The first kappa shape index (κ1) is 20.1. The van der Waals surface area contributed by atoms with Crippen LogP contribution in [0.15, 0.2) is 99.9 Å². The number of aromatic nitrogens is 2. The first-order valence-electron chi connectivity index (χ1n) is 9.19. The van der Waals surface area contributed by atoms with Crippen LogP contribution in [0.1, 0.15) is 15.9 Å². The van der Waals surface area contributed by atoms with Gasteiger partial charge in [-0.3, -0.25) is 4.79 Å². The number of hydrogen-bond acceptors (Lipinski definition) is 5. The molecule has 0 saturated heterocycles. The smallest absolute Gasteiger partial charge is 0.225 e. The summed E-state index contributed by atoms with van der Waals surface area (Å²) in [4.78, 5) is 20.3. The Morgan fingerprint density at radius 1 is 0.867 bits per heavy atom. The zero-order valence-corrected chi connectivity index (χ0v) is 17.7. The zero-order valence-electron chi connectivity index (χ0n) is 16.1. The summed E-state index contributed by atoms with van der Waals surface area (Å²) < 4.78 is 26.7. The Labute approximate surface area is 179 Å². The topological polar surface area (TPSA) is 79.9 Å². The molecule has 30 heavy (non-hydrogen) atoms. The predicted molar refractivity (Wildman–Crippen MR) is 117 cm³/mol. The number of rotatable bonds is 5. The van der Waals surface area contributed by atoms with Gasteiger partial charge in [0.2, 0.25) is 15.0 Å². The van der Waals surface area contributed by atoms with Gasteiger partial charge in [0.05, 0.1) is 4.90 Å². The minimum atomic E-state index is -3.89. The number of H-pyrrole nitrogens is 1. The number of hydrogen-bond donors (Lipinski definition) is 1. The number of aromatic amines is 1. The van der Waals surface area contributed by atoms with Gasteiger partial charge in [-0.25, -0.2) is 13.4 Å². The lowest BCUT2D eigenvalue weighted by Crippen LogP contribution is -2.05. The molecule has 0 aliphatic carbocycles. The molecule has 5 nitrogen and oxygen atoms in total. The van der Waals surface area contributed by atoms with Crippen molar-refractivity contribution in [3.63, 3.8) is 0 Å². The van der Waals surface area contributed by atoms with E-state index in [1.165, 1.54) is 0 Å². The second-order valence-electron chi connectivity index (χ2n) is 6.66. The summed E-state index contributed by atoms with van der Waals surface area (Å²) in [5.74, 6) is 0.393. The van der Waals surface area contributed by atoms with Crippen LogP contribution in [0.5, 0.6) is 0 Å². The molecular formula is C23H18N2O3S2. The van der Waals surface area contributed by atoms with Gasteiger partial charge in [0.15, 0.2) is 5.03 Å². The van der Waals surface area contributed by atoms with Crippen LogP contribution in [-0.4, -0.2) is 23.5 Å². The number of sulfone groups is 1. The van der Waals surface area contributed by atoms with Gasteiger partial charge in [-0.05, 0) is 30.8 Å². The van der Waals surface area contributed by atoms with Gasteiger partial charge in [0.25, 0.3) is 0 Å². The van der Waals surface area contributed by atoms with E-state index in [0.717, 1.165) is 22.9 Å². The third-order valence-corrected chi connectivity index (χ3v) is 7.25. The molecule has 1 aromatic heterocycles. The standard InChI is InChI=1S/C23H18N2O3S2/c1-16-12-14-19(15-13-16)30(27,28)22-21(29-23(26)18-10-6-3-7-11-18)24-20(25-22)17-8-4-2-5-9-17/h2-15H,1H3,(H,24,25). The molecule has 0 atom stereocenters. The van der Waals surface area contributed by atoms with Gasteiger partial charge in [-0.15, -0.1) is 0 Å². The Balaban J connectivity index is 1.81. The average molecular weight is 435 g/mol. The summed E-state index contributed by atoms with van der Waals surface area (Å²) in [6, 6.07) is 24.5. The third kappa shape index (κ3) is 4.08. The fourth-order valence-electron chi connectivity index (χ4n) is 2.88. The highest BCUT2D eigenvalue weighted by atomic mass is 32.2. The number of imidazole rings is 1. The Kier molecular flexibility index (Phi) is 5.57. The van der Waals surface area contributed by atoms with E-state index in [1.807, 2.05) is 43.3 Å². The number of carbonyl (C=O) groups is 1. The predicted octanol–water partition coefficient (Wildman–Crippen LogP) is 5.15. The van der Waals surface area contributed by atoms with Crippen molar-refractivity contribution < 1.29 is 13.2 Å². The molecule has 7 heteroatoms. The van der Waals surface area contributed by atoms with E-state index in [0.29, 0.717) is 11.4 Å². The maximum atomic E-state index is 13.3. The second kappa shape index (κ2) is 8.30. The quantitative estimate of drug-likeness (QED) is 0.439. The lowest BCUT2D eigenvalue weighted by Gasteiger charge is -2.05. The molecule has 1 N–H and O–H groups in total. The first-order chi connectivity index (χ1) is 14.4. The normalized spacial score (nSPS) is 11.4. The lowest BCUT2D eigenvalue weighted by atomic mass is 10.2. The average Bonchev–Trinajstić information content (AvgIpc) is 3.20. The van der Waals surface area contributed by atoms with Crippen molar-refractivity contribution in [1.29, 1.82) is 0 Å². The molecule has 0 fully saturated rings. The van der Waals surface area contributed by atoms with E-state index in [9.17, 15) is 13.2 Å². The van der Waals surface area contributed by atoms with Crippen molar-refractivity contribution in [2.75, 3.05) is 0 Å². The molecule has 0 amide bonds. The van der Waals surface area contributed by atoms with E-state index >= 15 is 0 Å². The molecule has 3 aromatic carbocycles. The van der Waals surface area contributed by atoms with Gasteiger partial charge in [-0.1, -0.05) is 78.4 Å². The zero-order chi connectivity index (χ0) is 21.1. The van der Waals surface area contributed by atoms with Gasteiger partial charge in [0.1, 0.15) is 10.9 Å². The number of nitrogens with one attached hydrogen (secondary N) is 1. The monoisotopic (exact) mass is 434 g/mol. The second-order valence-corrected chi connectivity index (χ2v) is 9.51. The molecule has 0 radical (unpaired) electrons. The summed E-state index contributed by atoms with van der Waals surface area (Å²) in [7, 11) is -3.89. The maximum absolute atomic E-state index is 13.3. The van der Waals surface area contributed by atoms with Gasteiger partial charge in [0, 0.05) is 11.1 Å². The molecule has 150 valence electrons. The van der Waals surface area contributed by atoms with Crippen molar-refractivity contribution in [2.24, 2.45) is 0 Å². The Bertz CT molecular complexity index is 1280. The third-order valence-electron chi connectivity index (χ3n) is 4.49. The summed E-state index contributed by atoms with van der Waals surface area (Å²) in [6.45, 7) is 1.89. The fourth-order valence-corrected chi connectivity index (χ4v) is 5.28. The van der Waals surface area contributed by atoms with Crippen molar-refractivity contribution in [2.45, 2.75) is 21.9 Å². The van der Waals surface area contributed by atoms with Crippen molar-refractivity contribution >= 4 is 26.7 Å². The van der Waals surface area contributed by atoms with Crippen LogP contribution in [0.2, 0.25) is 0 Å². The fraction of sp³-hybridized carbons (Fsp3) is 0.0435. The van der Waals surface area contributed by atoms with Crippen LogP contribution in [0, 0.1) is 6.92 Å². The Hall–Kier alpha value is -3.16. The Morgan fingerprint density at radius 2 is 1.47 bits per heavy atom. The highest BCUT2D eigenvalue weighted by molar-refractivity contribution is 8.14. The van der Waals surface area contributed by atoms with Crippen LogP contribution >= 0.6 is 11.8 Å². The van der Waals surface area contributed by atoms with Gasteiger partial charge in [-0.2, -0.15) is 0 Å². The van der Waals surface area contributed by atoms with Gasteiger partial charge < -0.3 is 4.98 Å². The van der Waals surface area contributed by atoms with E-state index < -0.39 is 9.84 Å². The van der Waals surface area contributed by atoms with E-state index in [4.69, 9.17) is 0 Å². The number of nitrogens with zero attached hydrogens (tertiary/aromatic N) is 1. The molecule has 0 spiro atoms. The van der Waals surface area contributed by atoms with Crippen molar-refractivity contribution in [3.05, 3.63) is 96.1 Å². The van der Waals surface area contributed by atoms with Gasteiger partial charge >= 0.3 is 0 Å². The van der Waals surface area contributed by atoms with Crippen LogP contribution in [0.4, 0.5) is 0 Å². The lowest BCUT2D eigenvalue weighted by molar-refractivity contribution is 0.108. The van der Waals surface area contributed by atoms with Crippen LogP contribution < -0.4 is 0 Å². The first-order valence-corrected chi connectivity index (χ1v) is 11.5. The molecule has 0 aliphatic heterocycles. The minimum absolute atomic E-state index is 0.0838. The molecule has 4 rings (SSSR count). The summed E-state index contributed by atoms with van der Waals surface area (Å²) >= 11 is 0.803. The molecule has 0 bridgehead atoms. The highest BCUT2D eigenvalue weighted by Crippen LogP contribution is 2.33. The number of aryl methyl sites for hydroxylation is 1. The molecule has 0 aliphatic rings. The van der Waals surface area contributed by atoms with Crippen LogP contribution in [0.25, 0.3) is 11.4 Å². The van der Waals surface area contributed by atoms with Crippen molar-refractivity contribution in [3.8, 4) is 11.4 Å². The molecule has 4 aromatic rings. The summed E-state index contributed by atoms with van der Waals surface area (Å²) in [6.07, 6.45) is 0.